The molecule has 0 spiro atoms. The molecular weight excluding hydrogens is 228 g/mol. The fourth-order valence-corrected chi connectivity index (χ4v) is 1.48. The molecular formula is C10H5N2O5-. The van der Waals surface area contributed by atoms with Crippen LogP contribution in [0.3, 0.4) is 0 Å². The molecule has 0 saturated heterocycles. The summed E-state index contributed by atoms with van der Waals surface area (Å²) in [5.74, 6) is -1.59. The van der Waals surface area contributed by atoms with Crippen molar-refractivity contribution in [3.63, 3.8) is 0 Å². The van der Waals surface area contributed by atoms with E-state index < -0.39 is 21.9 Å². The number of fused-ring (bicyclic) bond motifs is 1. The Bertz CT molecular complexity index is 689. The lowest BCUT2D eigenvalue weighted by Gasteiger charge is -2.03. The van der Waals surface area contributed by atoms with E-state index in [0.29, 0.717) is 0 Å². The molecule has 0 aliphatic rings. The molecule has 1 aromatic carbocycles. The highest BCUT2D eigenvalue weighted by molar-refractivity contribution is 5.91. The second-order valence-corrected chi connectivity index (χ2v) is 3.31. The monoisotopic (exact) mass is 233 g/mol. The summed E-state index contributed by atoms with van der Waals surface area (Å²) in [4.78, 5) is 34.7. The van der Waals surface area contributed by atoms with Gasteiger partial charge in [-0.25, -0.2) is 0 Å². The number of carbonyl (C=O) groups excluding carboxylic acids is 1. The van der Waals surface area contributed by atoms with Crippen LogP contribution < -0.4 is 10.5 Å². The van der Waals surface area contributed by atoms with Crippen LogP contribution in [0.2, 0.25) is 0 Å². The first-order chi connectivity index (χ1) is 8.00. The number of carboxylic acid groups (broad SMARTS) is 1. The third kappa shape index (κ3) is 1.73. The summed E-state index contributed by atoms with van der Waals surface area (Å²) in [5.41, 5.74) is -1.22. The van der Waals surface area contributed by atoms with Crippen molar-refractivity contribution in [3.05, 3.63) is 50.3 Å². The van der Waals surface area contributed by atoms with Crippen LogP contribution in [0.25, 0.3) is 10.9 Å². The van der Waals surface area contributed by atoms with Crippen LogP contribution in [0.1, 0.15) is 10.4 Å². The molecule has 0 amide bonds. The molecule has 2 aromatic rings. The van der Waals surface area contributed by atoms with Crippen LogP contribution in [0.5, 0.6) is 0 Å². The molecule has 1 aromatic heterocycles. The lowest BCUT2D eigenvalue weighted by atomic mass is 10.1. The lowest BCUT2D eigenvalue weighted by molar-refractivity contribution is -0.384. The smallest absolute Gasteiger partial charge is 0.271 e. The number of pyridine rings is 1. The minimum absolute atomic E-state index is 0.0669. The Morgan fingerprint density at radius 2 is 2.06 bits per heavy atom. The fraction of sp³-hybridized carbons (Fsp3) is 0. The third-order valence-corrected chi connectivity index (χ3v) is 2.30. The molecule has 1 N–H and O–H groups in total. The molecule has 1 heterocycles. The van der Waals surface area contributed by atoms with E-state index in [1.54, 1.807) is 0 Å². The number of hydrogen-bond donors (Lipinski definition) is 1. The van der Waals surface area contributed by atoms with Crippen LogP contribution in [-0.4, -0.2) is 15.9 Å². The standard InChI is InChI=1S/C10H6N2O5/c13-9-6-2-1-5(12(16)17)3-8(6)11-4-7(9)10(14)15/h1-4H,(H,11,13)(H,14,15)/p-1. The van der Waals surface area contributed by atoms with E-state index in [1.165, 1.54) is 6.07 Å². The van der Waals surface area contributed by atoms with Crippen molar-refractivity contribution in [1.82, 2.24) is 4.98 Å². The van der Waals surface area contributed by atoms with Gasteiger partial charge in [0, 0.05) is 23.7 Å². The van der Waals surface area contributed by atoms with Crippen molar-refractivity contribution in [3.8, 4) is 0 Å². The maximum Gasteiger partial charge on any atom is 0.271 e. The molecule has 0 saturated carbocycles. The van der Waals surface area contributed by atoms with Gasteiger partial charge in [0.25, 0.3) is 5.69 Å². The summed E-state index contributed by atoms with van der Waals surface area (Å²) in [6.45, 7) is 0. The van der Waals surface area contributed by atoms with E-state index >= 15 is 0 Å². The summed E-state index contributed by atoms with van der Waals surface area (Å²) in [5, 5.41) is 21.2. The van der Waals surface area contributed by atoms with Gasteiger partial charge in [0.15, 0.2) is 5.43 Å². The molecule has 0 bridgehead atoms. The second kappa shape index (κ2) is 3.71. The van der Waals surface area contributed by atoms with Gasteiger partial charge in [-0.3, -0.25) is 14.9 Å². The molecule has 17 heavy (non-hydrogen) atoms. The van der Waals surface area contributed by atoms with Gasteiger partial charge in [-0.15, -0.1) is 0 Å². The Balaban J connectivity index is 2.77. The molecule has 2 rings (SSSR count). The van der Waals surface area contributed by atoms with E-state index in [-0.39, 0.29) is 16.6 Å². The van der Waals surface area contributed by atoms with E-state index in [9.17, 15) is 24.8 Å². The van der Waals surface area contributed by atoms with E-state index in [4.69, 9.17) is 0 Å². The minimum Gasteiger partial charge on any atom is -0.545 e. The van der Waals surface area contributed by atoms with Crippen molar-refractivity contribution in [2.45, 2.75) is 0 Å². The fourth-order valence-electron chi connectivity index (χ4n) is 1.48. The second-order valence-electron chi connectivity index (χ2n) is 3.31. The van der Waals surface area contributed by atoms with Crippen LogP contribution in [-0.2, 0) is 0 Å². The largest absolute Gasteiger partial charge is 0.545 e. The number of nitrogens with zero attached hydrogens (tertiary/aromatic N) is 1. The Labute approximate surface area is 93.5 Å². The zero-order chi connectivity index (χ0) is 12.6. The summed E-state index contributed by atoms with van der Waals surface area (Å²) in [7, 11) is 0. The number of carboxylic acids is 1. The van der Waals surface area contributed by atoms with Crippen molar-refractivity contribution in [2.75, 3.05) is 0 Å². The van der Waals surface area contributed by atoms with Gasteiger partial charge in [-0.2, -0.15) is 0 Å². The maximum absolute atomic E-state index is 11.6. The Morgan fingerprint density at radius 1 is 1.35 bits per heavy atom. The zero-order valence-electron chi connectivity index (χ0n) is 8.30. The number of benzene rings is 1. The number of aromatic amines is 1. The van der Waals surface area contributed by atoms with Gasteiger partial charge in [0.2, 0.25) is 0 Å². The maximum atomic E-state index is 11.6. The Kier molecular flexibility index (Phi) is 2.36. The highest BCUT2D eigenvalue weighted by atomic mass is 16.6. The average molecular weight is 233 g/mol. The van der Waals surface area contributed by atoms with Crippen molar-refractivity contribution in [2.24, 2.45) is 0 Å². The number of rotatable bonds is 2. The van der Waals surface area contributed by atoms with Gasteiger partial charge in [0.1, 0.15) is 0 Å². The molecule has 86 valence electrons. The van der Waals surface area contributed by atoms with E-state index in [0.717, 1.165) is 18.3 Å². The number of nitro groups is 1. The first-order valence-electron chi connectivity index (χ1n) is 4.52. The zero-order valence-corrected chi connectivity index (χ0v) is 8.30. The molecule has 0 radical (unpaired) electrons. The van der Waals surface area contributed by atoms with Crippen molar-refractivity contribution in [1.29, 1.82) is 0 Å². The van der Waals surface area contributed by atoms with Crippen LogP contribution in [0, 0.1) is 10.1 Å². The summed E-state index contributed by atoms with van der Waals surface area (Å²) in [6, 6.07) is 3.51. The first-order valence-corrected chi connectivity index (χ1v) is 4.52. The third-order valence-electron chi connectivity index (χ3n) is 2.30. The number of H-pyrrole nitrogens is 1. The lowest BCUT2D eigenvalue weighted by Crippen LogP contribution is -2.29. The average Bonchev–Trinajstić information content (AvgIpc) is 2.28. The number of hydrogen-bond acceptors (Lipinski definition) is 5. The predicted octanol–water partition coefficient (Wildman–Crippen LogP) is -0.200. The van der Waals surface area contributed by atoms with Crippen molar-refractivity contribution >= 4 is 22.6 Å². The van der Waals surface area contributed by atoms with Gasteiger partial charge in [-0.1, -0.05) is 0 Å². The predicted molar refractivity (Wildman–Crippen MR) is 55.6 cm³/mol. The number of non-ortho nitro benzene ring substituents is 1. The molecule has 7 nitrogen and oxygen atoms in total. The molecule has 0 unspecified atom stereocenters. The Hall–Kier alpha value is -2.70. The topological polar surface area (TPSA) is 116 Å². The quantitative estimate of drug-likeness (QED) is 0.569. The number of nitrogens with one attached hydrogen (secondary N) is 1. The Morgan fingerprint density at radius 3 is 2.65 bits per heavy atom. The van der Waals surface area contributed by atoms with Crippen molar-refractivity contribution < 1.29 is 14.8 Å². The van der Waals surface area contributed by atoms with Crippen LogP contribution >= 0.6 is 0 Å². The molecule has 0 atom stereocenters. The first kappa shape index (κ1) is 10.8. The number of aromatic nitrogens is 1. The molecule has 0 fully saturated rings. The van der Waals surface area contributed by atoms with Gasteiger partial charge in [0.05, 0.1) is 22.0 Å². The van der Waals surface area contributed by atoms with Gasteiger partial charge < -0.3 is 14.9 Å². The number of carbonyl (C=O) groups is 1. The summed E-state index contributed by atoms with van der Waals surface area (Å²) < 4.78 is 0. The van der Waals surface area contributed by atoms with Crippen LogP contribution in [0.15, 0.2) is 29.2 Å². The number of aromatic carboxylic acids is 1. The highest BCUT2D eigenvalue weighted by Crippen LogP contribution is 2.16. The number of nitro benzene ring substituents is 1. The molecule has 0 aliphatic heterocycles. The summed E-state index contributed by atoms with van der Waals surface area (Å²) in [6.07, 6.45) is 0.962. The highest BCUT2D eigenvalue weighted by Gasteiger charge is 2.10. The summed E-state index contributed by atoms with van der Waals surface area (Å²) >= 11 is 0. The van der Waals surface area contributed by atoms with Crippen LogP contribution in [0.4, 0.5) is 5.69 Å². The normalized spacial score (nSPS) is 10.4. The SMILES string of the molecule is O=C([O-])c1c[nH]c2cc([N+](=O)[O-])ccc2c1=O. The van der Waals surface area contributed by atoms with Gasteiger partial charge in [-0.05, 0) is 6.07 Å². The van der Waals surface area contributed by atoms with E-state index in [2.05, 4.69) is 4.98 Å². The van der Waals surface area contributed by atoms with Gasteiger partial charge >= 0.3 is 0 Å². The van der Waals surface area contributed by atoms with E-state index in [1.807, 2.05) is 0 Å². The molecule has 7 heteroatoms. The minimum atomic E-state index is -1.59. The molecule has 0 aliphatic carbocycles.